The Bertz CT molecular complexity index is 972. The molecule has 3 aromatic rings. The molecular weight excluding hydrogens is 316 g/mol. The third-order valence-corrected chi connectivity index (χ3v) is 3.62. The number of hydrogen-bond acceptors (Lipinski definition) is 4. The topological polar surface area (TPSA) is 79.2 Å². The molecule has 0 atom stereocenters. The van der Waals surface area contributed by atoms with Crippen LogP contribution in [0.4, 0.5) is 5.69 Å². The lowest BCUT2D eigenvalue weighted by molar-refractivity contribution is -0.119. The highest BCUT2D eigenvalue weighted by atomic mass is 16.5. The van der Waals surface area contributed by atoms with Gasteiger partial charge in [-0.1, -0.05) is 30.3 Å². The van der Waals surface area contributed by atoms with Crippen LogP contribution in [0, 0.1) is 11.3 Å². The van der Waals surface area contributed by atoms with Crippen molar-refractivity contribution in [3.05, 3.63) is 77.9 Å². The molecule has 0 fully saturated rings. The summed E-state index contributed by atoms with van der Waals surface area (Å²) < 4.78 is 4.99. The maximum absolute atomic E-state index is 12.0. The molecule has 0 spiro atoms. The third kappa shape index (κ3) is 4.01. The number of nitriles is 1. The van der Waals surface area contributed by atoms with Gasteiger partial charge >= 0.3 is 5.97 Å². The van der Waals surface area contributed by atoms with Crippen molar-refractivity contribution in [3.8, 4) is 6.07 Å². The van der Waals surface area contributed by atoms with Crippen LogP contribution < -0.4 is 5.32 Å². The van der Waals surface area contributed by atoms with E-state index in [1.54, 1.807) is 6.07 Å². The van der Waals surface area contributed by atoms with Crippen molar-refractivity contribution in [2.45, 2.75) is 0 Å². The smallest absolute Gasteiger partial charge is 0.338 e. The first kappa shape index (κ1) is 16.2. The molecule has 3 rings (SSSR count). The van der Waals surface area contributed by atoms with Crippen molar-refractivity contribution in [2.24, 2.45) is 0 Å². The van der Waals surface area contributed by atoms with E-state index in [4.69, 9.17) is 10.00 Å². The lowest BCUT2D eigenvalue weighted by atomic mass is 10.1. The molecule has 5 nitrogen and oxygen atoms in total. The number of fused-ring (bicyclic) bond motifs is 1. The Kier molecular flexibility index (Phi) is 4.72. The maximum Gasteiger partial charge on any atom is 0.338 e. The van der Waals surface area contributed by atoms with Gasteiger partial charge in [0.2, 0.25) is 0 Å². The largest absolute Gasteiger partial charge is 0.452 e. The maximum atomic E-state index is 12.0. The predicted octanol–water partition coefficient (Wildman–Crippen LogP) is 3.51. The zero-order valence-corrected chi connectivity index (χ0v) is 13.2. The Morgan fingerprint density at radius 3 is 2.40 bits per heavy atom. The van der Waals surface area contributed by atoms with Gasteiger partial charge in [0.15, 0.2) is 6.61 Å². The van der Waals surface area contributed by atoms with E-state index in [9.17, 15) is 9.59 Å². The van der Waals surface area contributed by atoms with Crippen molar-refractivity contribution in [1.82, 2.24) is 0 Å². The predicted molar refractivity (Wildman–Crippen MR) is 94.0 cm³/mol. The van der Waals surface area contributed by atoms with Crippen LogP contribution in [-0.4, -0.2) is 18.5 Å². The highest BCUT2D eigenvalue weighted by Crippen LogP contribution is 2.18. The Morgan fingerprint density at radius 2 is 1.68 bits per heavy atom. The summed E-state index contributed by atoms with van der Waals surface area (Å²) in [7, 11) is 0. The van der Waals surface area contributed by atoms with Gasteiger partial charge < -0.3 is 10.1 Å². The first-order valence-corrected chi connectivity index (χ1v) is 7.61. The highest BCUT2D eigenvalue weighted by molar-refractivity contribution is 5.97. The van der Waals surface area contributed by atoms with Crippen LogP contribution in [0.25, 0.3) is 10.8 Å². The molecule has 1 amide bonds. The summed E-state index contributed by atoms with van der Waals surface area (Å²) in [5, 5.41) is 13.5. The number of amides is 1. The number of carbonyl (C=O) groups excluding carboxylic acids is 2. The first-order valence-electron chi connectivity index (χ1n) is 7.61. The fourth-order valence-electron chi connectivity index (χ4n) is 2.36. The van der Waals surface area contributed by atoms with Crippen molar-refractivity contribution >= 4 is 28.3 Å². The Balaban J connectivity index is 1.58. The highest BCUT2D eigenvalue weighted by Gasteiger charge is 2.10. The number of carbonyl (C=O) groups is 2. The number of rotatable bonds is 4. The molecule has 122 valence electrons. The van der Waals surface area contributed by atoms with Gasteiger partial charge in [0.05, 0.1) is 17.2 Å². The second-order valence-corrected chi connectivity index (χ2v) is 5.38. The zero-order chi connectivity index (χ0) is 17.6. The fraction of sp³-hybridized carbons (Fsp3) is 0.0500. The first-order chi connectivity index (χ1) is 12.2. The number of nitrogens with zero attached hydrogens (tertiary/aromatic N) is 1. The molecule has 0 bridgehead atoms. The van der Waals surface area contributed by atoms with Gasteiger partial charge in [-0.05, 0) is 47.2 Å². The molecule has 0 radical (unpaired) electrons. The molecule has 1 N–H and O–H groups in total. The monoisotopic (exact) mass is 330 g/mol. The molecular formula is C20H14N2O3. The second-order valence-electron chi connectivity index (χ2n) is 5.38. The Hall–Kier alpha value is -3.65. The number of esters is 1. The lowest BCUT2D eigenvalue weighted by Gasteiger charge is -2.08. The van der Waals surface area contributed by atoms with E-state index >= 15 is 0 Å². The molecule has 0 aromatic heterocycles. The molecule has 0 aliphatic carbocycles. The van der Waals surface area contributed by atoms with E-state index in [-0.39, 0.29) is 12.2 Å². The fourth-order valence-corrected chi connectivity index (χ4v) is 2.36. The zero-order valence-electron chi connectivity index (χ0n) is 13.2. The minimum Gasteiger partial charge on any atom is -0.452 e. The molecule has 0 aliphatic rings. The van der Waals surface area contributed by atoms with E-state index in [1.807, 2.05) is 42.5 Å². The van der Waals surface area contributed by atoms with Crippen LogP contribution in [-0.2, 0) is 9.53 Å². The second kappa shape index (κ2) is 7.28. The Morgan fingerprint density at radius 1 is 0.960 bits per heavy atom. The van der Waals surface area contributed by atoms with Crippen molar-refractivity contribution in [1.29, 1.82) is 5.26 Å². The summed E-state index contributed by atoms with van der Waals surface area (Å²) in [5.41, 5.74) is 1.38. The van der Waals surface area contributed by atoms with Crippen LogP contribution in [0.2, 0.25) is 0 Å². The average Bonchev–Trinajstić information content (AvgIpc) is 2.66. The minimum absolute atomic E-state index is 0.289. The minimum atomic E-state index is -0.613. The van der Waals surface area contributed by atoms with Crippen molar-refractivity contribution in [3.63, 3.8) is 0 Å². The third-order valence-electron chi connectivity index (χ3n) is 3.62. The number of benzene rings is 3. The summed E-state index contributed by atoms with van der Waals surface area (Å²) in [6.07, 6.45) is 0. The average molecular weight is 330 g/mol. The molecule has 5 heteroatoms. The van der Waals surface area contributed by atoms with Gasteiger partial charge in [0.25, 0.3) is 5.91 Å². The Labute approximate surface area is 144 Å². The quantitative estimate of drug-likeness (QED) is 0.743. The normalized spacial score (nSPS) is 10.0. The van der Waals surface area contributed by atoms with E-state index in [2.05, 4.69) is 5.32 Å². The van der Waals surface area contributed by atoms with Crippen LogP contribution >= 0.6 is 0 Å². The van der Waals surface area contributed by atoms with Crippen LogP contribution in [0.3, 0.4) is 0 Å². The molecule has 0 saturated heterocycles. The summed E-state index contributed by atoms with van der Waals surface area (Å²) in [4.78, 5) is 23.8. The van der Waals surface area contributed by atoms with Gasteiger partial charge in [-0.15, -0.1) is 0 Å². The van der Waals surface area contributed by atoms with Gasteiger partial charge in [0.1, 0.15) is 0 Å². The van der Waals surface area contributed by atoms with E-state index in [1.165, 1.54) is 24.3 Å². The number of hydrogen-bond donors (Lipinski definition) is 1. The van der Waals surface area contributed by atoms with Crippen LogP contribution in [0.15, 0.2) is 66.7 Å². The van der Waals surface area contributed by atoms with E-state index in [0.717, 1.165) is 10.8 Å². The lowest BCUT2D eigenvalue weighted by Crippen LogP contribution is -2.20. The van der Waals surface area contributed by atoms with Gasteiger partial charge in [-0.3, -0.25) is 4.79 Å². The molecule has 3 aromatic carbocycles. The summed E-state index contributed by atoms with van der Waals surface area (Å²) in [6, 6.07) is 21.4. The van der Waals surface area contributed by atoms with Gasteiger partial charge in [-0.2, -0.15) is 5.26 Å². The molecule has 25 heavy (non-hydrogen) atoms. The van der Waals surface area contributed by atoms with E-state index in [0.29, 0.717) is 11.3 Å². The van der Waals surface area contributed by atoms with Crippen molar-refractivity contribution < 1.29 is 14.3 Å². The molecule has 0 aliphatic heterocycles. The molecule has 0 unspecified atom stereocenters. The van der Waals surface area contributed by atoms with Gasteiger partial charge in [0, 0.05) is 5.69 Å². The molecule has 0 saturated carbocycles. The van der Waals surface area contributed by atoms with Crippen LogP contribution in [0.1, 0.15) is 15.9 Å². The number of anilines is 1. The number of ether oxygens (including phenoxy) is 1. The van der Waals surface area contributed by atoms with Crippen molar-refractivity contribution in [2.75, 3.05) is 11.9 Å². The van der Waals surface area contributed by atoms with Gasteiger partial charge in [-0.25, -0.2) is 4.79 Å². The summed E-state index contributed by atoms with van der Waals surface area (Å²) in [6.45, 7) is -0.383. The summed E-state index contributed by atoms with van der Waals surface area (Å²) >= 11 is 0. The standard InChI is InChI=1S/C20H14N2O3/c21-12-14-5-7-16(8-6-14)20(24)25-13-19(23)22-18-10-9-15-3-1-2-4-17(15)11-18/h1-11H,13H2,(H,22,23). The number of nitrogens with one attached hydrogen (secondary N) is 1. The van der Waals surface area contributed by atoms with E-state index < -0.39 is 11.9 Å². The summed E-state index contributed by atoms with van der Waals surface area (Å²) in [5.74, 6) is -1.03. The SMILES string of the molecule is N#Cc1ccc(C(=O)OCC(=O)Nc2ccc3ccccc3c2)cc1. The molecule has 0 heterocycles. The van der Waals surface area contributed by atoms with Crippen LogP contribution in [0.5, 0.6) is 0 Å².